The molecule has 7 nitrogen and oxygen atoms in total. The van der Waals surface area contributed by atoms with E-state index < -0.39 is 16.1 Å². The lowest BCUT2D eigenvalue weighted by Gasteiger charge is -2.32. The Balaban J connectivity index is 2.24. The Morgan fingerprint density at radius 3 is 2.28 bits per heavy atom. The molecule has 2 amide bonds. The van der Waals surface area contributed by atoms with E-state index >= 15 is 0 Å². The zero-order chi connectivity index (χ0) is 26.9. The summed E-state index contributed by atoms with van der Waals surface area (Å²) in [5.41, 5.74) is 3.58. The second kappa shape index (κ2) is 13.4. The molecule has 2 atom stereocenters. The number of nitrogens with one attached hydrogen (secondary N) is 1. The second-order valence-electron chi connectivity index (χ2n) is 9.47. The fraction of sp³-hybridized carbons (Fsp3) is 0.500. The van der Waals surface area contributed by atoms with Crippen LogP contribution in [0.3, 0.4) is 0 Å². The molecule has 2 rings (SSSR count). The molecule has 0 saturated heterocycles. The van der Waals surface area contributed by atoms with E-state index in [0.717, 1.165) is 23.1 Å². The maximum atomic E-state index is 13.5. The van der Waals surface area contributed by atoms with Gasteiger partial charge >= 0.3 is 0 Å². The van der Waals surface area contributed by atoms with Crippen LogP contribution in [0.2, 0.25) is 0 Å². The highest BCUT2D eigenvalue weighted by Crippen LogP contribution is 2.21. The van der Waals surface area contributed by atoms with Crippen molar-refractivity contribution in [3.05, 3.63) is 65.2 Å². The third-order valence-electron chi connectivity index (χ3n) is 6.43. The summed E-state index contributed by atoms with van der Waals surface area (Å²) in [5, 5.41) is 3.02. The summed E-state index contributed by atoms with van der Waals surface area (Å²) >= 11 is 0. The van der Waals surface area contributed by atoms with Crippen molar-refractivity contribution < 1.29 is 18.0 Å². The Morgan fingerprint density at radius 1 is 1.00 bits per heavy atom. The van der Waals surface area contributed by atoms with Crippen LogP contribution in [0.4, 0.5) is 5.69 Å². The van der Waals surface area contributed by atoms with Gasteiger partial charge in [0.15, 0.2) is 0 Å². The predicted molar refractivity (Wildman–Crippen MR) is 146 cm³/mol. The number of carbonyl (C=O) groups is 2. The molecule has 0 fully saturated rings. The Hall–Kier alpha value is -2.87. The quantitative estimate of drug-likeness (QED) is 0.423. The Bertz CT molecular complexity index is 1130. The van der Waals surface area contributed by atoms with Crippen LogP contribution in [0, 0.1) is 13.8 Å². The van der Waals surface area contributed by atoms with E-state index in [9.17, 15) is 18.0 Å². The lowest BCUT2D eigenvalue weighted by molar-refractivity contribution is -0.141. The average molecular weight is 516 g/mol. The third kappa shape index (κ3) is 8.36. The van der Waals surface area contributed by atoms with E-state index in [4.69, 9.17) is 0 Å². The van der Waals surface area contributed by atoms with Crippen molar-refractivity contribution in [1.29, 1.82) is 0 Å². The smallest absolute Gasteiger partial charge is 0.243 e. The zero-order valence-electron chi connectivity index (χ0n) is 22.5. The van der Waals surface area contributed by atoms with Crippen molar-refractivity contribution in [2.45, 2.75) is 78.9 Å². The minimum Gasteiger partial charge on any atom is -0.352 e. The van der Waals surface area contributed by atoms with Gasteiger partial charge in [0.1, 0.15) is 6.04 Å². The SMILES string of the molecule is CCC(C)NC(=O)C(CC)N(Cc1ccccc1C)C(=O)CCCN(c1cccc(C)c1)S(C)(=O)=O. The van der Waals surface area contributed by atoms with Gasteiger partial charge in [0, 0.05) is 25.6 Å². The maximum absolute atomic E-state index is 13.5. The first-order valence-electron chi connectivity index (χ1n) is 12.7. The lowest BCUT2D eigenvalue weighted by atomic mass is 10.0. The Morgan fingerprint density at radius 2 is 1.69 bits per heavy atom. The van der Waals surface area contributed by atoms with Gasteiger partial charge in [-0.05, 0) is 68.9 Å². The number of anilines is 1. The van der Waals surface area contributed by atoms with E-state index in [-0.39, 0.29) is 30.8 Å². The topological polar surface area (TPSA) is 86.8 Å². The van der Waals surface area contributed by atoms with Gasteiger partial charge in [-0.3, -0.25) is 13.9 Å². The van der Waals surface area contributed by atoms with Crippen molar-refractivity contribution in [3.8, 4) is 0 Å². The highest BCUT2D eigenvalue weighted by atomic mass is 32.2. The highest BCUT2D eigenvalue weighted by molar-refractivity contribution is 7.92. The molecule has 0 aliphatic heterocycles. The number of aryl methyl sites for hydroxylation is 2. The van der Waals surface area contributed by atoms with Crippen molar-refractivity contribution in [3.63, 3.8) is 0 Å². The number of amides is 2. The molecule has 0 aliphatic rings. The summed E-state index contributed by atoms with van der Waals surface area (Å²) in [6, 6.07) is 14.5. The molecule has 0 radical (unpaired) electrons. The van der Waals surface area contributed by atoms with Gasteiger partial charge in [-0.25, -0.2) is 8.42 Å². The lowest BCUT2D eigenvalue weighted by Crippen LogP contribution is -2.50. The van der Waals surface area contributed by atoms with Gasteiger partial charge in [0.2, 0.25) is 21.8 Å². The standard InChI is InChI=1S/C28H41N3O4S/c1-7-23(5)29-28(33)26(8-2)30(20-24-15-10-9-14-22(24)4)27(32)17-12-18-31(36(6,34)35)25-16-11-13-21(3)19-25/h9-11,13-16,19,23,26H,7-8,12,17-18,20H2,1-6H3,(H,29,33). The molecule has 0 aromatic heterocycles. The molecule has 2 aromatic carbocycles. The molecule has 2 aromatic rings. The number of benzene rings is 2. The van der Waals surface area contributed by atoms with Crippen LogP contribution in [0.5, 0.6) is 0 Å². The molecule has 0 heterocycles. The molecular weight excluding hydrogens is 474 g/mol. The monoisotopic (exact) mass is 515 g/mol. The summed E-state index contributed by atoms with van der Waals surface area (Å²) in [7, 11) is -3.51. The summed E-state index contributed by atoms with van der Waals surface area (Å²) in [4.78, 5) is 28.3. The van der Waals surface area contributed by atoms with Crippen LogP contribution < -0.4 is 9.62 Å². The summed E-state index contributed by atoms with van der Waals surface area (Å²) in [6.45, 7) is 10.3. The molecule has 2 unspecified atom stereocenters. The minimum absolute atomic E-state index is 0.0135. The normalized spacial score (nSPS) is 13.1. The molecule has 8 heteroatoms. The molecule has 36 heavy (non-hydrogen) atoms. The third-order valence-corrected chi connectivity index (χ3v) is 7.62. The summed E-state index contributed by atoms with van der Waals surface area (Å²) in [6.07, 6.45) is 2.94. The minimum atomic E-state index is -3.51. The van der Waals surface area contributed by atoms with Crippen molar-refractivity contribution in [2.24, 2.45) is 0 Å². The van der Waals surface area contributed by atoms with Crippen molar-refractivity contribution in [1.82, 2.24) is 10.2 Å². The maximum Gasteiger partial charge on any atom is 0.243 e. The van der Waals surface area contributed by atoms with Crippen LogP contribution in [-0.4, -0.2) is 50.0 Å². The number of carbonyl (C=O) groups excluding carboxylic acids is 2. The average Bonchev–Trinajstić information content (AvgIpc) is 2.81. The summed E-state index contributed by atoms with van der Waals surface area (Å²) in [5.74, 6) is -0.326. The van der Waals surface area contributed by atoms with Gasteiger partial charge in [0.25, 0.3) is 0 Å². The number of sulfonamides is 1. The predicted octanol–water partition coefficient (Wildman–Crippen LogP) is 4.57. The molecule has 0 aliphatic carbocycles. The number of nitrogens with zero attached hydrogens (tertiary/aromatic N) is 2. The van der Waals surface area contributed by atoms with E-state index in [1.54, 1.807) is 11.0 Å². The van der Waals surface area contributed by atoms with Gasteiger partial charge in [-0.1, -0.05) is 50.2 Å². The van der Waals surface area contributed by atoms with Crippen LogP contribution in [-0.2, 0) is 26.2 Å². The number of hydrogen-bond donors (Lipinski definition) is 1. The zero-order valence-corrected chi connectivity index (χ0v) is 23.3. The fourth-order valence-corrected chi connectivity index (χ4v) is 5.08. The van der Waals surface area contributed by atoms with Gasteiger partial charge in [0.05, 0.1) is 11.9 Å². The van der Waals surface area contributed by atoms with E-state index in [1.165, 1.54) is 10.6 Å². The van der Waals surface area contributed by atoms with E-state index in [1.807, 2.05) is 77.1 Å². The highest BCUT2D eigenvalue weighted by Gasteiger charge is 2.29. The molecule has 0 bridgehead atoms. The van der Waals surface area contributed by atoms with Crippen LogP contribution in [0.1, 0.15) is 63.1 Å². The Kier molecular flexibility index (Phi) is 11.0. The number of hydrogen-bond acceptors (Lipinski definition) is 4. The van der Waals surface area contributed by atoms with Crippen molar-refractivity contribution in [2.75, 3.05) is 17.1 Å². The first-order chi connectivity index (χ1) is 17.0. The molecule has 198 valence electrons. The second-order valence-corrected chi connectivity index (χ2v) is 11.4. The van der Waals surface area contributed by atoms with Gasteiger partial charge in [-0.2, -0.15) is 0 Å². The first-order valence-corrected chi connectivity index (χ1v) is 14.5. The van der Waals surface area contributed by atoms with Crippen LogP contribution >= 0.6 is 0 Å². The van der Waals surface area contributed by atoms with E-state index in [2.05, 4.69) is 5.32 Å². The van der Waals surface area contributed by atoms with E-state index in [0.29, 0.717) is 25.1 Å². The van der Waals surface area contributed by atoms with Crippen LogP contribution in [0.15, 0.2) is 48.5 Å². The summed E-state index contributed by atoms with van der Waals surface area (Å²) < 4.78 is 26.3. The Labute approximate surface area is 216 Å². The molecular formula is C28H41N3O4S. The fourth-order valence-electron chi connectivity index (χ4n) is 4.12. The van der Waals surface area contributed by atoms with Gasteiger partial charge in [-0.15, -0.1) is 0 Å². The largest absolute Gasteiger partial charge is 0.352 e. The number of rotatable bonds is 13. The molecule has 0 saturated carbocycles. The van der Waals surface area contributed by atoms with Crippen LogP contribution in [0.25, 0.3) is 0 Å². The first kappa shape index (κ1) is 29.4. The van der Waals surface area contributed by atoms with Crippen molar-refractivity contribution >= 4 is 27.5 Å². The molecule has 1 N–H and O–H groups in total. The van der Waals surface area contributed by atoms with Gasteiger partial charge < -0.3 is 10.2 Å². The molecule has 0 spiro atoms.